The molecule has 2 N–H and O–H groups in total. The molecule has 0 radical (unpaired) electrons. The molecule has 0 aromatic rings. The van der Waals surface area contributed by atoms with Crippen LogP contribution in [0.2, 0.25) is 0 Å². The van der Waals surface area contributed by atoms with Crippen LogP contribution in [0.4, 0.5) is 0 Å². The second-order valence-electron chi connectivity index (χ2n) is 2.49. The lowest BCUT2D eigenvalue weighted by Gasteiger charge is -2.22. The van der Waals surface area contributed by atoms with Crippen molar-refractivity contribution < 1.29 is 10.2 Å². The van der Waals surface area contributed by atoms with E-state index in [-0.39, 0.29) is 6.61 Å². The summed E-state index contributed by atoms with van der Waals surface area (Å²) >= 11 is 0. The van der Waals surface area contributed by atoms with Crippen LogP contribution in [0, 0.1) is 0 Å². The van der Waals surface area contributed by atoms with Gasteiger partial charge in [-0.2, -0.15) is 0 Å². The smallest absolute Gasteiger partial charge is 0.0874 e. The van der Waals surface area contributed by atoms with Crippen molar-refractivity contribution in [1.29, 1.82) is 0 Å². The fourth-order valence-corrected chi connectivity index (χ4v) is 0.833. The highest BCUT2D eigenvalue weighted by Crippen LogP contribution is 2.15. The van der Waals surface area contributed by atoms with Crippen LogP contribution in [0.25, 0.3) is 0 Å². The van der Waals surface area contributed by atoms with Gasteiger partial charge in [-0.15, -0.1) is 0 Å². The molecule has 0 aliphatic carbocycles. The van der Waals surface area contributed by atoms with Crippen LogP contribution in [0.5, 0.6) is 0 Å². The summed E-state index contributed by atoms with van der Waals surface area (Å²) in [5.74, 6) is 0. The van der Waals surface area contributed by atoms with Crippen molar-refractivity contribution in [3.05, 3.63) is 0 Å². The SMILES string of the molecule is CCC[C@](O)(CC)CO. The van der Waals surface area contributed by atoms with E-state index in [1.54, 1.807) is 0 Å². The average molecular weight is 132 g/mol. The molecule has 0 fully saturated rings. The number of aliphatic hydroxyl groups is 2. The van der Waals surface area contributed by atoms with Gasteiger partial charge < -0.3 is 10.2 Å². The predicted molar refractivity (Wildman–Crippen MR) is 37.2 cm³/mol. The molecule has 0 aromatic carbocycles. The summed E-state index contributed by atoms with van der Waals surface area (Å²) in [6.07, 6.45) is 2.25. The number of rotatable bonds is 4. The zero-order valence-corrected chi connectivity index (χ0v) is 6.22. The van der Waals surface area contributed by atoms with Crippen LogP contribution in [0.15, 0.2) is 0 Å². The van der Waals surface area contributed by atoms with Crippen molar-refractivity contribution in [2.75, 3.05) is 6.61 Å². The highest BCUT2D eigenvalue weighted by Gasteiger charge is 2.21. The van der Waals surface area contributed by atoms with Gasteiger partial charge in [0.15, 0.2) is 0 Å². The molecule has 0 bridgehead atoms. The van der Waals surface area contributed by atoms with Gasteiger partial charge in [0, 0.05) is 0 Å². The van der Waals surface area contributed by atoms with Crippen molar-refractivity contribution in [1.82, 2.24) is 0 Å². The molecule has 0 aromatic heterocycles. The van der Waals surface area contributed by atoms with Crippen molar-refractivity contribution in [3.8, 4) is 0 Å². The summed E-state index contributed by atoms with van der Waals surface area (Å²) in [5, 5.41) is 18.0. The van der Waals surface area contributed by atoms with Crippen molar-refractivity contribution in [2.24, 2.45) is 0 Å². The molecule has 0 amide bonds. The van der Waals surface area contributed by atoms with Gasteiger partial charge in [-0.1, -0.05) is 20.3 Å². The summed E-state index contributed by atoms with van der Waals surface area (Å²) in [5.41, 5.74) is -0.811. The van der Waals surface area contributed by atoms with Gasteiger partial charge in [0.25, 0.3) is 0 Å². The molecular weight excluding hydrogens is 116 g/mol. The number of aliphatic hydroxyl groups excluding tert-OH is 1. The maximum Gasteiger partial charge on any atom is 0.0874 e. The molecule has 0 heterocycles. The Morgan fingerprint density at radius 1 is 1.33 bits per heavy atom. The summed E-state index contributed by atoms with van der Waals surface area (Å²) in [4.78, 5) is 0. The highest BCUT2D eigenvalue weighted by atomic mass is 16.3. The maximum absolute atomic E-state index is 9.38. The molecule has 0 saturated carbocycles. The lowest BCUT2D eigenvalue weighted by molar-refractivity contribution is -0.0246. The Labute approximate surface area is 56.5 Å². The van der Waals surface area contributed by atoms with Gasteiger partial charge in [-0.25, -0.2) is 0 Å². The number of hydrogen-bond donors (Lipinski definition) is 2. The van der Waals surface area contributed by atoms with Crippen molar-refractivity contribution in [2.45, 2.75) is 38.7 Å². The Hall–Kier alpha value is -0.0800. The molecule has 0 unspecified atom stereocenters. The third kappa shape index (κ3) is 2.82. The third-order valence-electron chi connectivity index (χ3n) is 1.67. The minimum atomic E-state index is -0.811. The van der Waals surface area contributed by atoms with Crippen LogP contribution < -0.4 is 0 Å². The zero-order valence-electron chi connectivity index (χ0n) is 6.22. The molecule has 0 aliphatic rings. The van der Waals surface area contributed by atoms with Crippen molar-refractivity contribution in [3.63, 3.8) is 0 Å². The predicted octanol–water partition coefficient (Wildman–Crippen LogP) is 0.920. The van der Waals surface area contributed by atoms with Gasteiger partial charge in [-0.05, 0) is 12.8 Å². The van der Waals surface area contributed by atoms with Gasteiger partial charge >= 0.3 is 0 Å². The van der Waals surface area contributed by atoms with Crippen molar-refractivity contribution >= 4 is 0 Å². The van der Waals surface area contributed by atoms with Gasteiger partial charge in [-0.3, -0.25) is 0 Å². The average Bonchev–Trinajstić information content (AvgIpc) is 1.89. The second kappa shape index (κ2) is 3.85. The lowest BCUT2D eigenvalue weighted by atomic mass is 9.96. The topological polar surface area (TPSA) is 40.5 Å². The Morgan fingerprint density at radius 2 is 1.89 bits per heavy atom. The largest absolute Gasteiger partial charge is 0.393 e. The van der Waals surface area contributed by atoms with Gasteiger partial charge in [0.1, 0.15) is 0 Å². The Balaban J connectivity index is 3.62. The molecule has 0 rings (SSSR count). The van der Waals surface area contributed by atoms with Gasteiger partial charge in [0.2, 0.25) is 0 Å². The first kappa shape index (κ1) is 8.92. The molecule has 1 atom stereocenters. The lowest BCUT2D eigenvalue weighted by Crippen LogP contribution is -2.31. The highest BCUT2D eigenvalue weighted by molar-refractivity contribution is 4.73. The summed E-state index contributed by atoms with van der Waals surface area (Å²) in [7, 11) is 0. The first-order valence-electron chi connectivity index (χ1n) is 3.51. The Kier molecular flexibility index (Phi) is 3.82. The first-order chi connectivity index (χ1) is 4.18. The molecule has 2 nitrogen and oxygen atoms in total. The molecule has 0 aliphatic heterocycles. The van der Waals surface area contributed by atoms with E-state index in [2.05, 4.69) is 0 Å². The van der Waals surface area contributed by atoms with Gasteiger partial charge in [0.05, 0.1) is 12.2 Å². The van der Waals surface area contributed by atoms with E-state index >= 15 is 0 Å². The third-order valence-corrected chi connectivity index (χ3v) is 1.67. The fraction of sp³-hybridized carbons (Fsp3) is 1.00. The van der Waals surface area contributed by atoms with E-state index in [9.17, 15) is 5.11 Å². The molecule has 9 heavy (non-hydrogen) atoms. The number of hydrogen-bond acceptors (Lipinski definition) is 2. The van der Waals surface area contributed by atoms with E-state index < -0.39 is 5.60 Å². The van der Waals surface area contributed by atoms with E-state index in [4.69, 9.17) is 5.11 Å². The van der Waals surface area contributed by atoms with Crippen LogP contribution in [-0.4, -0.2) is 22.4 Å². The maximum atomic E-state index is 9.38. The van der Waals surface area contributed by atoms with Crippen LogP contribution >= 0.6 is 0 Å². The van der Waals surface area contributed by atoms with Crippen LogP contribution in [0.1, 0.15) is 33.1 Å². The molecule has 0 spiro atoms. The molecule has 0 saturated heterocycles. The van der Waals surface area contributed by atoms with E-state index in [1.165, 1.54) is 0 Å². The minimum absolute atomic E-state index is 0.114. The molecular formula is C7H16O2. The summed E-state index contributed by atoms with van der Waals surface area (Å²) < 4.78 is 0. The quantitative estimate of drug-likeness (QED) is 0.597. The van der Waals surface area contributed by atoms with E-state index in [1.807, 2.05) is 13.8 Å². The standard InChI is InChI=1S/C7H16O2/c1-3-5-7(9,4-2)6-8/h8-9H,3-6H2,1-2H3/t7-/m1/s1. The normalized spacial score (nSPS) is 17.3. The summed E-state index contributed by atoms with van der Waals surface area (Å²) in [6.45, 7) is 3.76. The monoisotopic (exact) mass is 132 g/mol. The Bertz CT molecular complexity index is 67.3. The van der Waals surface area contributed by atoms with Crippen LogP contribution in [0.3, 0.4) is 0 Å². The Morgan fingerprint density at radius 3 is 2.00 bits per heavy atom. The van der Waals surface area contributed by atoms with E-state index in [0.29, 0.717) is 12.8 Å². The summed E-state index contributed by atoms with van der Waals surface area (Å²) in [6, 6.07) is 0. The minimum Gasteiger partial charge on any atom is -0.393 e. The first-order valence-corrected chi connectivity index (χ1v) is 3.51. The zero-order chi connectivity index (χ0) is 7.33. The fourth-order valence-electron chi connectivity index (χ4n) is 0.833. The second-order valence-corrected chi connectivity index (χ2v) is 2.49. The van der Waals surface area contributed by atoms with Crippen LogP contribution in [-0.2, 0) is 0 Å². The van der Waals surface area contributed by atoms with E-state index in [0.717, 1.165) is 6.42 Å². The molecule has 56 valence electrons. The molecule has 2 heteroatoms.